The van der Waals surface area contributed by atoms with E-state index in [0.29, 0.717) is 11.0 Å². The first-order chi connectivity index (χ1) is 6.66. The molecule has 2 rings (SSSR count). The number of carboxylic acid groups (broad SMARTS) is 1. The molecule has 0 atom stereocenters. The second-order valence-corrected chi connectivity index (χ2v) is 2.94. The molecule has 0 radical (unpaired) electrons. The maximum absolute atomic E-state index is 10.5. The molecule has 0 aliphatic rings. The Bertz CT molecular complexity index is 490. The summed E-state index contributed by atoms with van der Waals surface area (Å²) in [4.78, 5) is 14.5. The smallest absolute Gasteiger partial charge is 0.323 e. The van der Waals surface area contributed by atoms with E-state index in [1.54, 1.807) is 6.07 Å². The Hall–Kier alpha value is -2.04. The molecule has 1 heterocycles. The highest BCUT2D eigenvalue weighted by molar-refractivity contribution is 5.78. The summed E-state index contributed by atoms with van der Waals surface area (Å²) in [6, 6.07) is 4.64. The summed E-state index contributed by atoms with van der Waals surface area (Å²) >= 11 is 0. The van der Waals surface area contributed by atoms with Gasteiger partial charge in [-0.05, 0) is 12.1 Å². The fourth-order valence-electron chi connectivity index (χ4n) is 1.32. The van der Waals surface area contributed by atoms with Crippen molar-refractivity contribution < 1.29 is 15.0 Å². The van der Waals surface area contributed by atoms with Crippen LogP contribution in [0, 0.1) is 0 Å². The van der Waals surface area contributed by atoms with E-state index in [9.17, 15) is 4.79 Å². The minimum absolute atomic E-state index is 0.123. The van der Waals surface area contributed by atoms with Gasteiger partial charge in [0.1, 0.15) is 12.3 Å². The molecule has 0 saturated carbocycles. The molecular formula is C9H8N2O3. The van der Waals surface area contributed by atoms with Crippen molar-refractivity contribution in [2.24, 2.45) is 0 Å². The Kier molecular flexibility index (Phi) is 1.85. The summed E-state index contributed by atoms with van der Waals surface area (Å²) in [6.45, 7) is -0.124. The van der Waals surface area contributed by atoms with E-state index in [4.69, 9.17) is 10.2 Å². The molecule has 0 unspecified atom stereocenters. The molecule has 1 aromatic heterocycles. The molecular weight excluding hydrogens is 184 g/mol. The molecule has 0 fully saturated rings. The van der Waals surface area contributed by atoms with E-state index in [0.717, 1.165) is 0 Å². The van der Waals surface area contributed by atoms with Crippen molar-refractivity contribution >= 4 is 17.0 Å². The number of fused-ring (bicyclic) bond motifs is 1. The van der Waals surface area contributed by atoms with Crippen LogP contribution < -0.4 is 0 Å². The number of carbonyl (C=O) groups is 1. The van der Waals surface area contributed by atoms with Crippen LogP contribution in [0.3, 0.4) is 0 Å². The lowest BCUT2D eigenvalue weighted by Gasteiger charge is -1.98. The van der Waals surface area contributed by atoms with Crippen LogP contribution in [0.4, 0.5) is 0 Å². The van der Waals surface area contributed by atoms with Gasteiger partial charge in [-0.1, -0.05) is 0 Å². The lowest BCUT2D eigenvalue weighted by molar-refractivity contribution is -0.137. The van der Waals surface area contributed by atoms with Crippen molar-refractivity contribution in [1.82, 2.24) is 9.55 Å². The minimum atomic E-state index is -0.919. The van der Waals surface area contributed by atoms with Crippen LogP contribution in [0.1, 0.15) is 0 Å². The molecule has 0 saturated heterocycles. The largest absolute Gasteiger partial charge is 0.508 e. The molecule has 72 valence electrons. The van der Waals surface area contributed by atoms with E-state index in [-0.39, 0.29) is 12.3 Å². The molecule has 0 spiro atoms. The zero-order valence-corrected chi connectivity index (χ0v) is 7.21. The summed E-state index contributed by atoms with van der Waals surface area (Å²) in [6.07, 6.45) is 1.44. The molecule has 5 heteroatoms. The van der Waals surface area contributed by atoms with Gasteiger partial charge in [0.05, 0.1) is 17.4 Å². The highest BCUT2D eigenvalue weighted by atomic mass is 16.4. The average Bonchev–Trinajstić information content (AvgIpc) is 2.47. The summed E-state index contributed by atoms with van der Waals surface area (Å²) in [5.41, 5.74) is 1.29. The first-order valence-electron chi connectivity index (χ1n) is 4.02. The average molecular weight is 192 g/mol. The zero-order valence-electron chi connectivity index (χ0n) is 7.21. The van der Waals surface area contributed by atoms with Crippen LogP contribution in [-0.4, -0.2) is 25.7 Å². The molecule has 0 aliphatic heterocycles. The standard InChI is InChI=1S/C9H8N2O3/c12-6-1-2-8-7(3-6)10-5-11(8)4-9(13)14/h1-3,5,12H,4H2,(H,13,14). The van der Waals surface area contributed by atoms with Gasteiger partial charge in [-0.3, -0.25) is 4.79 Å². The van der Waals surface area contributed by atoms with Crippen LogP contribution in [0.15, 0.2) is 24.5 Å². The summed E-state index contributed by atoms with van der Waals surface area (Å²) in [7, 11) is 0. The summed E-state index contributed by atoms with van der Waals surface area (Å²) < 4.78 is 1.51. The van der Waals surface area contributed by atoms with Gasteiger partial charge in [-0.15, -0.1) is 0 Å². The number of rotatable bonds is 2. The number of aliphatic carboxylic acids is 1. The van der Waals surface area contributed by atoms with E-state index in [2.05, 4.69) is 4.98 Å². The molecule has 5 nitrogen and oxygen atoms in total. The van der Waals surface area contributed by atoms with E-state index in [1.165, 1.54) is 23.0 Å². The number of hydrogen-bond acceptors (Lipinski definition) is 3. The SMILES string of the molecule is O=C(O)Cn1cnc2cc(O)ccc21. The van der Waals surface area contributed by atoms with Crippen molar-refractivity contribution in [2.45, 2.75) is 6.54 Å². The second kappa shape index (κ2) is 3.02. The van der Waals surface area contributed by atoms with Crippen LogP contribution in [-0.2, 0) is 11.3 Å². The number of hydrogen-bond donors (Lipinski definition) is 2. The van der Waals surface area contributed by atoms with Gasteiger partial charge in [0, 0.05) is 6.07 Å². The Labute approximate surface area is 79.2 Å². The van der Waals surface area contributed by atoms with Gasteiger partial charge in [0.25, 0.3) is 0 Å². The van der Waals surface area contributed by atoms with Gasteiger partial charge in [0.2, 0.25) is 0 Å². The minimum Gasteiger partial charge on any atom is -0.508 e. The van der Waals surface area contributed by atoms with E-state index >= 15 is 0 Å². The number of phenolic OH excluding ortho intramolecular Hbond substituents is 1. The highest BCUT2D eigenvalue weighted by Gasteiger charge is 2.05. The van der Waals surface area contributed by atoms with Crippen LogP contribution in [0.2, 0.25) is 0 Å². The first-order valence-corrected chi connectivity index (χ1v) is 4.02. The fraction of sp³-hybridized carbons (Fsp3) is 0.111. The number of carboxylic acids is 1. The molecule has 14 heavy (non-hydrogen) atoms. The topological polar surface area (TPSA) is 75.3 Å². The monoisotopic (exact) mass is 192 g/mol. The summed E-state index contributed by atoms with van der Waals surface area (Å²) in [5.74, 6) is -0.796. The third kappa shape index (κ3) is 1.39. The predicted octanol–water partition coefficient (Wildman–Crippen LogP) is 0.827. The highest BCUT2D eigenvalue weighted by Crippen LogP contribution is 2.18. The summed E-state index contributed by atoms with van der Waals surface area (Å²) in [5, 5.41) is 17.8. The predicted molar refractivity (Wildman–Crippen MR) is 49.0 cm³/mol. The van der Waals surface area contributed by atoms with E-state index < -0.39 is 5.97 Å². The normalized spacial score (nSPS) is 10.6. The third-order valence-electron chi connectivity index (χ3n) is 1.91. The maximum Gasteiger partial charge on any atom is 0.323 e. The fourth-order valence-corrected chi connectivity index (χ4v) is 1.32. The van der Waals surface area contributed by atoms with Gasteiger partial charge < -0.3 is 14.8 Å². The van der Waals surface area contributed by atoms with Gasteiger partial charge in [-0.2, -0.15) is 0 Å². The first kappa shape index (κ1) is 8.55. The Morgan fingerprint density at radius 2 is 2.29 bits per heavy atom. The van der Waals surface area contributed by atoms with Gasteiger partial charge in [0.15, 0.2) is 0 Å². The van der Waals surface area contributed by atoms with E-state index in [1.807, 2.05) is 0 Å². The van der Waals surface area contributed by atoms with Crippen LogP contribution >= 0.6 is 0 Å². The number of phenols is 1. The Morgan fingerprint density at radius 1 is 1.50 bits per heavy atom. The second-order valence-electron chi connectivity index (χ2n) is 2.94. The third-order valence-corrected chi connectivity index (χ3v) is 1.91. The Morgan fingerprint density at radius 3 is 3.00 bits per heavy atom. The number of aromatic nitrogens is 2. The van der Waals surface area contributed by atoms with Crippen molar-refractivity contribution in [3.8, 4) is 5.75 Å². The van der Waals surface area contributed by atoms with Crippen LogP contribution in [0.25, 0.3) is 11.0 Å². The Balaban J connectivity index is 2.52. The number of imidazole rings is 1. The van der Waals surface area contributed by atoms with Gasteiger partial charge >= 0.3 is 5.97 Å². The van der Waals surface area contributed by atoms with Crippen LogP contribution in [0.5, 0.6) is 5.75 Å². The van der Waals surface area contributed by atoms with Gasteiger partial charge in [-0.25, -0.2) is 4.98 Å². The molecule has 0 amide bonds. The van der Waals surface area contributed by atoms with Crippen molar-refractivity contribution in [3.63, 3.8) is 0 Å². The lowest BCUT2D eigenvalue weighted by Crippen LogP contribution is -2.07. The molecule has 2 aromatic rings. The molecule has 1 aromatic carbocycles. The molecule has 0 bridgehead atoms. The molecule has 0 aliphatic carbocycles. The molecule has 2 N–H and O–H groups in total. The van der Waals surface area contributed by atoms with Crippen molar-refractivity contribution in [3.05, 3.63) is 24.5 Å². The number of nitrogens with zero attached hydrogens (tertiary/aromatic N) is 2. The van der Waals surface area contributed by atoms with Crippen molar-refractivity contribution in [2.75, 3.05) is 0 Å². The zero-order chi connectivity index (χ0) is 10.1. The lowest BCUT2D eigenvalue weighted by atomic mass is 10.3. The quantitative estimate of drug-likeness (QED) is 0.738. The number of aromatic hydroxyl groups is 1. The van der Waals surface area contributed by atoms with Crippen molar-refractivity contribution in [1.29, 1.82) is 0 Å². The number of benzene rings is 1. The maximum atomic E-state index is 10.5.